The van der Waals surface area contributed by atoms with Crippen LogP contribution in [0, 0.1) is 17.0 Å². The molecule has 0 spiro atoms. The molecule has 2 aromatic rings. The molecule has 2 amide bonds. The summed E-state index contributed by atoms with van der Waals surface area (Å²) in [6, 6.07) is 10.9. The van der Waals surface area contributed by atoms with Gasteiger partial charge in [-0.05, 0) is 48.2 Å². The molecule has 0 aromatic heterocycles. The van der Waals surface area contributed by atoms with Gasteiger partial charge >= 0.3 is 0 Å². The van der Waals surface area contributed by atoms with Crippen LogP contribution in [0.4, 0.5) is 8.78 Å². The summed E-state index contributed by atoms with van der Waals surface area (Å²) in [4.78, 5) is 24.0. The zero-order chi connectivity index (χ0) is 17.0. The first-order valence-corrected chi connectivity index (χ1v) is 6.92. The predicted octanol–water partition coefficient (Wildman–Crippen LogP) is 1.71. The summed E-state index contributed by atoms with van der Waals surface area (Å²) in [6.45, 7) is 0. The molecular weight excluding hydrogens is 302 g/mol. The zero-order valence-corrected chi connectivity index (χ0v) is 12.3. The number of carbonyl (C=O) groups excluding carboxylic acids is 2. The Morgan fingerprint density at radius 3 is 1.52 bits per heavy atom. The predicted molar refractivity (Wildman–Crippen MR) is 81.0 cm³/mol. The molecule has 2 rings (SSSR count). The summed E-state index contributed by atoms with van der Waals surface area (Å²) in [6.07, 6.45) is -0.322. The van der Waals surface area contributed by atoms with Gasteiger partial charge in [-0.2, -0.15) is 0 Å². The van der Waals surface area contributed by atoms with Crippen molar-refractivity contribution in [1.29, 1.82) is 0 Å². The Kier molecular flexibility index (Phi) is 4.74. The maximum atomic E-state index is 13.3. The highest BCUT2D eigenvalue weighted by atomic mass is 19.1. The molecule has 0 saturated carbocycles. The average Bonchev–Trinajstić information content (AvgIpc) is 2.46. The van der Waals surface area contributed by atoms with Crippen molar-refractivity contribution >= 4 is 11.8 Å². The third kappa shape index (κ3) is 3.71. The largest absolute Gasteiger partial charge is 0.369 e. The van der Waals surface area contributed by atoms with Gasteiger partial charge in [0.15, 0.2) is 0 Å². The van der Waals surface area contributed by atoms with Crippen LogP contribution in [0.5, 0.6) is 0 Å². The van der Waals surface area contributed by atoms with Gasteiger partial charge < -0.3 is 11.5 Å². The molecule has 0 aliphatic heterocycles. The normalized spacial score (nSPS) is 11.2. The van der Waals surface area contributed by atoms with Crippen LogP contribution in [0.2, 0.25) is 0 Å². The van der Waals surface area contributed by atoms with Crippen LogP contribution >= 0.6 is 0 Å². The molecule has 4 N–H and O–H groups in total. The number of primary amides is 2. The summed E-state index contributed by atoms with van der Waals surface area (Å²) in [5, 5.41) is 0. The monoisotopic (exact) mass is 318 g/mol. The molecule has 0 aliphatic rings. The third-order valence-electron chi connectivity index (χ3n) is 3.73. The molecule has 0 unspecified atom stereocenters. The molecule has 120 valence electrons. The van der Waals surface area contributed by atoms with E-state index in [0.717, 1.165) is 0 Å². The second-order valence-electron chi connectivity index (χ2n) is 5.42. The standard InChI is InChI=1S/C17H16F2N2O2/c18-13-5-1-3-11(7-13)9-17(15(20)22,16(21)23)10-12-4-2-6-14(19)8-12/h1-8H,9-10H2,(H2,20,22)(H2,21,23). The maximum Gasteiger partial charge on any atom is 0.233 e. The summed E-state index contributed by atoms with van der Waals surface area (Å²) < 4.78 is 26.7. The van der Waals surface area contributed by atoms with E-state index in [1.54, 1.807) is 12.1 Å². The van der Waals surface area contributed by atoms with Crippen molar-refractivity contribution in [2.24, 2.45) is 16.9 Å². The minimum atomic E-state index is -1.76. The average molecular weight is 318 g/mol. The molecule has 0 saturated heterocycles. The highest BCUT2D eigenvalue weighted by molar-refractivity contribution is 6.04. The fourth-order valence-electron chi connectivity index (χ4n) is 2.52. The van der Waals surface area contributed by atoms with E-state index in [-0.39, 0.29) is 12.8 Å². The fraction of sp³-hybridized carbons (Fsp3) is 0.176. The zero-order valence-electron chi connectivity index (χ0n) is 12.3. The van der Waals surface area contributed by atoms with Crippen molar-refractivity contribution in [2.45, 2.75) is 12.8 Å². The van der Waals surface area contributed by atoms with Gasteiger partial charge in [-0.3, -0.25) is 9.59 Å². The summed E-state index contributed by atoms with van der Waals surface area (Å²) in [7, 11) is 0. The number of hydrogen-bond acceptors (Lipinski definition) is 2. The molecule has 0 heterocycles. The number of benzene rings is 2. The third-order valence-corrected chi connectivity index (χ3v) is 3.73. The lowest BCUT2D eigenvalue weighted by atomic mass is 9.75. The Morgan fingerprint density at radius 1 is 0.826 bits per heavy atom. The first-order valence-electron chi connectivity index (χ1n) is 6.92. The molecule has 0 aliphatic carbocycles. The van der Waals surface area contributed by atoms with Gasteiger partial charge in [0.1, 0.15) is 17.0 Å². The minimum absolute atomic E-state index is 0.161. The highest BCUT2D eigenvalue weighted by Crippen LogP contribution is 2.28. The van der Waals surface area contributed by atoms with Crippen LogP contribution < -0.4 is 11.5 Å². The van der Waals surface area contributed by atoms with Crippen molar-refractivity contribution in [1.82, 2.24) is 0 Å². The molecule has 2 aromatic carbocycles. The molecule has 0 radical (unpaired) electrons. The SMILES string of the molecule is NC(=O)C(Cc1cccc(F)c1)(Cc1cccc(F)c1)C(N)=O. The molecule has 0 fully saturated rings. The lowest BCUT2D eigenvalue weighted by molar-refractivity contribution is -0.139. The van der Waals surface area contributed by atoms with E-state index in [9.17, 15) is 18.4 Å². The van der Waals surface area contributed by atoms with Crippen LogP contribution in [-0.4, -0.2) is 11.8 Å². The van der Waals surface area contributed by atoms with E-state index in [1.807, 2.05) is 0 Å². The van der Waals surface area contributed by atoms with E-state index < -0.39 is 28.9 Å². The summed E-state index contributed by atoms with van der Waals surface area (Å²) >= 11 is 0. The first-order chi connectivity index (χ1) is 10.8. The van der Waals surface area contributed by atoms with Crippen molar-refractivity contribution in [3.63, 3.8) is 0 Å². The molecule has 0 bridgehead atoms. The number of carbonyl (C=O) groups is 2. The summed E-state index contributed by atoms with van der Waals surface area (Å²) in [5.41, 5.74) is 9.88. The van der Waals surface area contributed by atoms with Gasteiger partial charge in [-0.25, -0.2) is 8.78 Å². The summed E-state index contributed by atoms with van der Waals surface area (Å²) in [5.74, 6) is -2.87. The second kappa shape index (κ2) is 6.56. The van der Waals surface area contributed by atoms with E-state index >= 15 is 0 Å². The van der Waals surface area contributed by atoms with E-state index in [0.29, 0.717) is 11.1 Å². The lowest BCUT2D eigenvalue weighted by Crippen LogP contribution is -2.50. The molecular formula is C17H16F2N2O2. The topological polar surface area (TPSA) is 86.2 Å². The number of rotatable bonds is 6. The Hall–Kier alpha value is -2.76. The number of halogens is 2. The number of amides is 2. The number of nitrogens with two attached hydrogens (primary N) is 2. The molecule has 4 nitrogen and oxygen atoms in total. The van der Waals surface area contributed by atoms with Gasteiger partial charge in [-0.1, -0.05) is 24.3 Å². The highest BCUT2D eigenvalue weighted by Gasteiger charge is 2.43. The van der Waals surface area contributed by atoms with Gasteiger partial charge in [0.2, 0.25) is 11.8 Å². The van der Waals surface area contributed by atoms with E-state index in [4.69, 9.17) is 11.5 Å². The maximum absolute atomic E-state index is 13.3. The van der Waals surface area contributed by atoms with Gasteiger partial charge in [0.25, 0.3) is 0 Å². The Bertz CT molecular complexity index is 683. The molecule has 0 atom stereocenters. The van der Waals surface area contributed by atoms with Crippen LogP contribution in [0.15, 0.2) is 48.5 Å². The lowest BCUT2D eigenvalue weighted by Gasteiger charge is -2.27. The fourth-order valence-corrected chi connectivity index (χ4v) is 2.52. The van der Waals surface area contributed by atoms with Crippen molar-refractivity contribution in [3.8, 4) is 0 Å². The minimum Gasteiger partial charge on any atom is -0.369 e. The van der Waals surface area contributed by atoms with Crippen molar-refractivity contribution in [3.05, 3.63) is 71.3 Å². The van der Waals surface area contributed by atoms with Crippen LogP contribution in [0.25, 0.3) is 0 Å². The van der Waals surface area contributed by atoms with E-state index in [1.165, 1.54) is 36.4 Å². The van der Waals surface area contributed by atoms with Crippen molar-refractivity contribution in [2.75, 3.05) is 0 Å². The Morgan fingerprint density at radius 2 is 1.22 bits per heavy atom. The van der Waals surface area contributed by atoms with Crippen LogP contribution in [0.1, 0.15) is 11.1 Å². The van der Waals surface area contributed by atoms with Gasteiger partial charge in [-0.15, -0.1) is 0 Å². The quantitative estimate of drug-likeness (QED) is 0.794. The van der Waals surface area contributed by atoms with Crippen LogP contribution in [-0.2, 0) is 22.4 Å². The van der Waals surface area contributed by atoms with Gasteiger partial charge in [0.05, 0.1) is 0 Å². The molecule has 6 heteroatoms. The number of hydrogen-bond donors (Lipinski definition) is 2. The smallest absolute Gasteiger partial charge is 0.233 e. The van der Waals surface area contributed by atoms with Gasteiger partial charge in [0, 0.05) is 0 Å². The molecule has 23 heavy (non-hydrogen) atoms. The van der Waals surface area contributed by atoms with Crippen LogP contribution in [0.3, 0.4) is 0 Å². The van der Waals surface area contributed by atoms with Crippen molar-refractivity contribution < 1.29 is 18.4 Å². The van der Waals surface area contributed by atoms with E-state index in [2.05, 4.69) is 0 Å². The Balaban J connectivity index is 2.43. The second-order valence-corrected chi connectivity index (χ2v) is 5.42. The Labute approximate surface area is 132 Å². The first kappa shape index (κ1) is 16.6.